The van der Waals surface area contributed by atoms with E-state index in [0.29, 0.717) is 0 Å². The van der Waals surface area contributed by atoms with Gasteiger partial charge >= 0.3 is 0 Å². The molecule has 0 bridgehead atoms. The minimum Gasteiger partial charge on any atom is -0.490 e. The second-order valence-electron chi connectivity index (χ2n) is 5.18. The van der Waals surface area contributed by atoms with Gasteiger partial charge in [0.25, 0.3) is 0 Å². The van der Waals surface area contributed by atoms with Crippen molar-refractivity contribution in [3.05, 3.63) is 6.33 Å². The molecule has 0 amide bonds. The fourth-order valence-electron chi connectivity index (χ4n) is 2.37. The number of rotatable bonds is 5. The fraction of sp³-hybridized carbons (Fsp3) is 0.714. The molecule has 0 aromatic carbocycles. The molecule has 106 valence electrons. The Morgan fingerprint density at radius 1 is 1.37 bits per heavy atom. The Bertz CT molecular complexity index is 402. The molecular formula is C14H24N4O. The molecule has 1 aliphatic rings. The quantitative estimate of drug-likeness (QED) is 0.885. The fourth-order valence-corrected chi connectivity index (χ4v) is 2.37. The van der Waals surface area contributed by atoms with Crippen LogP contribution in [0, 0.1) is 5.92 Å². The van der Waals surface area contributed by atoms with Crippen molar-refractivity contribution in [3.8, 4) is 5.75 Å². The molecule has 1 N–H and O–H groups in total. The highest BCUT2D eigenvalue weighted by Gasteiger charge is 2.22. The van der Waals surface area contributed by atoms with Crippen LogP contribution >= 0.6 is 0 Å². The van der Waals surface area contributed by atoms with Gasteiger partial charge in [-0.3, -0.25) is 0 Å². The van der Waals surface area contributed by atoms with Crippen LogP contribution in [0.1, 0.15) is 33.1 Å². The summed E-state index contributed by atoms with van der Waals surface area (Å²) in [5, 5.41) is 3.30. The van der Waals surface area contributed by atoms with E-state index in [9.17, 15) is 0 Å². The van der Waals surface area contributed by atoms with Crippen molar-refractivity contribution < 1.29 is 4.74 Å². The summed E-state index contributed by atoms with van der Waals surface area (Å²) in [5.41, 5.74) is 0. The molecule has 1 fully saturated rings. The van der Waals surface area contributed by atoms with E-state index in [1.54, 1.807) is 13.4 Å². The van der Waals surface area contributed by atoms with Crippen LogP contribution in [-0.4, -0.2) is 36.7 Å². The van der Waals surface area contributed by atoms with E-state index in [-0.39, 0.29) is 0 Å². The first-order chi connectivity index (χ1) is 9.26. The predicted molar refractivity (Wildman–Crippen MR) is 78.0 cm³/mol. The molecule has 0 radical (unpaired) electrons. The average molecular weight is 264 g/mol. The molecule has 2 heterocycles. The van der Waals surface area contributed by atoms with Crippen molar-refractivity contribution in [3.63, 3.8) is 0 Å². The summed E-state index contributed by atoms with van der Waals surface area (Å²) in [5.74, 6) is 3.29. The number of hydrogen-bond acceptors (Lipinski definition) is 5. The lowest BCUT2D eigenvalue weighted by Crippen LogP contribution is -2.33. The summed E-state index contributed by atoms with van der Waals surface area (Å²) >= 11 is 0. The van der Waals surface area contributed by atoms with E-state index in [4.69, 9.17) is 4.74 Å². The van der Waals surface area contributed by atoms with E-state index < -0.39 is 0 Å². The zero-order chi connectivity index (χ0) is 13.7. The standard InChI is InChI=1S/C14H24N4O/c1-4-7-15-13-12(19-3)14(17-10-16-13)18-8-5-11(2)6-9-18/h10-11H,4-9H2,1-3H3,(H,15,16,17). The van der Waals surface area contributed by atoms with Gasteiger partial charge in [0, 0.05) is 19.6 Å². The summed E-state index contributed by atoms with van der Waals surface area (Å²) < 4.78 is 5.52. The maximum atomic E-state index is 5.52. The minimum absolute atomic E-state index is 0.769. The molecule has 5 nitrogen and oxygen atoms in total. The van der Waals surface area contributed by atoms with Gasteiger partial charge in [0.15, 0.2) is 11.6 Å². The van der Waals surface area contributed by atoms with Crippen molar-refractivity contribution >= 4 is 11.6 Å². The summed E-state index contributed by atoms with van der Waals surface area (Å²) in [6, 6.07) is 0. The lowest BCUT2D eigenvalue weighted by Gasteiger charge is -2.32. The maximum Gasteiger partial charge on any atom is 0.204 e. The first-order valence-corrected chi connectivity index (χ1v) is 7.14. The van der Waals surface area contributed by atoms with Crippen molar-refractivity contribution in [2.24, 2.45) is 5.92 Å². The molecule has 1 aliphatic heterocycles. The van der Waals surface area contributed by atoms with Crippen LogP contribution < -0.4 is 15.0 Å². The second kappa shape index (κ2) is 6.59. The number of aromatic nitrogens is 2. The van der Waals surface area contributed by atoms with Gasteiger partial charge in [-0.15, -0.1) is 0 Å². The van der Waals surface area contributed by atoms with Crippen molar-refractivity contribution in [2.75, 3.05) is 37.0 Å². The number of nitrogens with one attached hydrogen (secondary N) is 1. The Hall–Kier alpha value is -1.52. The third kappa shape index (κ3) is 3.28. The van der Waals surface area contributed by atoms with Gasteiger partial charge in [0.05, 0.1) is 7.11 Å². The van der Waals surface area contributed by atoms with Gasteiger partial charge in [-0.2, -0.15) is 0 Å². The number of hydrogen-bond donors (Lipinski definition) is 1. The monoisotopic (exact) mass is 264 g/mol. The van der Waals surface area contributed by atoms with E-state index in [0.717, 1.165) is 49.4 Å². The van der Waals surface area contributed by atoms with Gasteiger partial charge in [-0.25, -0.2) is 9.97 Å². The van der Waals surface area contributed by atoms with Gasteiger partial charge in [0.2, 0.25) is 5.75 Å². The molecule has 0 saturated carbocycles. The van der Waals surface area contributed by atoms with Gasteiger partial charge in [0.1, 0.15) is 6.33 Å². The molecule has 0 atom stereocenters. The van der Waals surface area contributed by atoms with Crippen molar-refractivity contribution in [1.29, 1.82) is 0 Å². The Kier molecular flexibility index (Phi) is 4.82. The van der Waals surface area contributed by atoms with Crippen LogP contribution in [-0.2, 0) is 0 Å². The topological polar surface area (TPSA) is 50.3 Å². The van der Waals surface area contributed by atoms with E-state index >= 15 is 0 Å². The number of methoxy groups -OCH3 is 1. The molecule has 2 rings (SSSR count). The van der Waals surface area contributed by atoms with E-state index in [1.807, 2.05) is 0 Å². The number of ether oxygens (including phenoxy) is 1. The van der Waals surface area contributed by atoms with E-state index in [1.165, 1.54) is 12.8 Å². The first-order valence-electron chi connectivity index (χ1n) is 7.14. The highest BCUT2D eigenvalue weighted by molar-refractivity contribution is 5.64. The Morgan fingerprint density at radius 2 is 2.11 bits per heavy atom. The van der Waals surface area contributed by atoms with E-state index in [2.05, 4.69) is 34.0 Å². The Balaban J connectivity index is 2.19. The normalized spacial score (nSPS) is 16.5. The van der Waals surface area contributed by atoms with Crippen LogP contribution in [0.2, 0.25) is 0 Å². The highest BCUT2D eigenvalue weighted by Crippen LogP contribution is 2.33. The van der Waals surface area contributed by atoms with Gasteiger partial charge in [-0.05, 0) is 25.2 Å². The molecule has 5 heteroatoms. The van der Waals surface area contributed by atoms with Crippen LogP contribution in [0.25, 0.3) is 0 Å². The third-order valence-electron chi connectivity index (χ3n) is 3.61. The van der Waals surface area contributed by atoms with Gasteiger partial charge < -0.3 is 15.0 Å². The molecule has 0 spiro atoms. The summed E-state index contributed by atoms with van der Waals surface area (Å²) in [6.07, 6.45) is 5.10. The number of piperidine rings is 1. The average Bonchev–Trinajstić information content (AvgIpc) is 2.45. The SMILES string of the molecule is CCCNc1ncnc(N2CCC(C)CC2)c1OC. The van der Waals surface area contributed by atoms with Crippen molar-refractivity contribution in [1.82, 2.24) is 9.97 Å². The molecule has 0 aliphatic carbocycles. The molecule has 0 unspecified atom stereocenters. The summed E-state index contributed by atoms with van der Waals surface area (Å²) in [7, 11) is 1.69. The molecular weight excluding hydrogens is 240 g/mol. The van der Waals surface area contributed by atoms with Crippen LogP contribution in [0.15, 0.2) is 6.33 Å². The molecule has 1 aromatic heterocycles. The van der Waals surface area contributed by atoms with Gasteiger partial charge in [-0.1, -0.05) is 13.8 Å². The predicted octanol–water partition coefficient (Wildman–Crippen LogP) is 2.54. The lowest BCUT2D eigenvalue weighted by atomic mass is 9.99. The number of nitrogens with zero attached hydrogens (tertiary/aromatic N) is 3. The smallest absolute Gasteiger partial charge is 0.204 e. The molecule has 1 aromatic rings. The zero-order valence-corrected chi connectivity index (χ0v) is 12.1. The summed E-state index contributed by atoms with van der Waals surface area (Å²) in [6.45, 7) is 7.42. The van der Waals surface area contributed by atoms with Crippen LogP contribution in [0.5, 0.6) is 5.75 Å². The summed E-state index contributed by atoms with van der Waals surface area (Å²) in [4.78, 5) is 11.0. The number of anilines is 2. The second-order valence-corrected chi connectivity index (χ2v) is 5.18. The van der Waals surface area contributed by atoms with Crippen LogP contribution in [0.4, 0.5) is 11.6 Å². The molecule has 1 saturated heterocycles. The highest BCUT2D eigenvalue weighted by atomic mass is 16.5. The lowest BCUT2D eigenvalue weighted by molar-refractivity contribution is 0.401. The minimum atomic E-state index is 0.769. The first kappa shape index (κ1) is 13.9. The Labute approximate surface area is 115 Å². The largest absolute Gasteiger partial charge is 0.490 e. The van der Waals surface area contributed by atoms with Crippen LogP contribution in [0.3, 0.4) is 0 Å². The van der Waals surface area contributed by atoms with Crippen molar-refractivity contribution in [2.45, 2.75) is 33.1 Å². The third-order valence-corrected chi connectivity index (χ3v) is 3.61. The maximum absolute atomic E-state index is 5.52. The molecule has 19 heavy (non-hydrogen) atoms. The Morgan fingerprint density at radius 3 is 2.74 bits per heavy atom. The zero-order valence-electron chi connectivity index (χ0n) is 12.1.